The Hall–Kier alpha value is -1.63. The fraction of sp³-hybridized carbons (Fsp3) is 0.300. The number of hydrogen-bond donors (Lipinski definition) is 2. The topological polar surface area (TPSA) is 55.1 Å². The third-order valence-corrected chi connectivity index (χ3v) is 1.97. The van der Waals surface area contributed by atoms with Gasteiger partial charge in [-0.1, -0.05) is 12.1 Å². The zero-order chi connectivity index (χ0) is 13.1. The third-order valence-electron chi connectivity index (χ3n) is 1.97. The molecule has 0 spiro atoms. The smallest absolute Gasteiger partial charge is 0.368 e. The Morgan fingerprint density at radius 2 is 2.06 bits per heavy atom. The van der Waals surface area contributed by atoms with Gasteiger partial charge in [-0.3, -0.25) is 10.1 Å². The zero-order valence-electron chi connectivity index (χ0n) is 8.59. The van der Waals surface area contributed by atoms with E-state index >= 15 is 0 Å². The van der Waals surface area contributed by atoms with Crippen LogP contribution in [-0.4, -0.2) is 18.6 Å². The van der Waals surface area contributed by atoms with E-state index < -0.39 is 30.5 Å². The van der Waals surface area contributed by atoms with Gasteiger partial charge in [-0.2, -0.15) is 13.2 Å². The van der Waals surface area contributed by atoms with Crippen molar-refractivity contribution in [3.63, 3.8) is 0 Å². The molecule has 0 heterocycles. The summed E-state index contributed by atoms with van der Waals surface area (Å²) in [5.74, 6) is -1.65. The minimum Gasteiger partial charge on any atom is -0.368 e. The van der Waals surface area contributed by atoms with Crippen LogP contribution < -0.4 is 11.1 Å². The Morgan fingerprint density at radius 1 is 1.41 bits per heavy atom. The number of halogens is 4. The number of hydrogen-bond acceptors (Lipinski definition) is 2. The molecule has 0 fully saturated rings. The van der Waals surface area contributed by atoms with E-state index in [1.807, 2.05) is 5.32 Å². The average molecular weight is 250 g/mol. The van der Waals surface area contributed by atoms with Gasteiger partial charge in [0.05, 0.1) is 6.54 Å². The molecule has 0 aliphatic heterocycles. The van der Waals surface area contributed by atoms with Gasteiger partial charge in [0.25, 0.3) is 0 Å². The van der Waals surface area contributed by atoms with Crippen molar-refractivity contribution in [2.24, 2.45) is 5.73 Å². The molecule has 0 aliphatic carbocycles. The van der Waals surface area contributed by atoms with Crippen molar-refractivity contribution in [1.82, 2.24) is 5.32 Å². The van der Waals surface area contributed by atoms with Crippen LogP contribution in [0, 0.1) is 5.82 Å². The van der Waals surface area contributed by atoms with Crippen molar-refractivity contribution in [2.45, 2.75) is 12.2 Å². The number of alkyl halides is 3. The fourth-order valence-corrected chi connectivity index (χ4v) is 1.29. The highest BCUT2D eigenvalue weighted by atomic mass is 19.4. The molecule has 0 bridgehead atoms. The van der Waals surface area contributed by atoms with Crippen LogP contribution in [0.1, 0.15) is 11.6 Å². The molecule has 7 heteroatoms. The molecule has 94 valence electrons. The van der Waals surface area contributed by atoms with Crippen molar-refractivity contribution in [1.29, 1.82) is 0 Å². The summed E-state index contributed by atoms with van der Waals surface area (Å²) >= 11 is 0. The van der Waals surface area contributed by atoms with Crippen molar-refractivity contribution in [3.05, 3.63) is 35.6 Å². The van der Waals surface area contributed by atoms with E-state index in [1.54, 1.807) is 0 Å². The molecular formula is C10H10F4N2O. The maximum absolute atomic E-state index is 12.9. The predicted molar refractivity (Wildman–Crippen MR) is 52.4 cm³/mol. The zero-order valence-corrected chi connectivity index (χ0v) is 8.59. The SMILES string of the molecule is NC(=O)C(NCC(F)(F)F)c1cccc(F)c1. The van der Waals surface area contributed by atoms with E-state index in [0.717, 1.165) is 12.1 Å². The van der Waals surface area contributed by atoms with E-state index in [2.05, 4.69) is 0 Å². The number of nitrogens with two attached hydrogens (primary N) is 1. The number of benzene rings is 1. The van der Waals surface area contributed by atoms with E-state index in [1.165, 1.54) is 12.1 Å². The van der Waals surface area contributed by atoms with Crippen LogP contribution in [0.2, 0.25) is 0 Å². The summed E-state index contributed by atoms with van der Waals surface area (Å²) in [7, 11) is 0. The highest BCUT2D eigenvalue weighted by Crippen LogP contribution is 2.18. The molecule has 3 N–H and O–H groups in total. The number of carbonyl (C=O) groups is 1. The number of primary amides is 1. The van der Waals surface area contributed by atoms with Crippen molar-refractivity contribution >= 4 is 5.91 Å². The summed E-state index contributed by atoms with van der Waals surface area (Å²) in [6.45, 7) is -1.38. The maximum Gasteiger partial charge on any atom is 0.401 e. The first-order valence-corrected chi connectivity index (χ1v) is 4.64. The molecule has 0 aromatic heterocycles. The molecule has 0 saturated heterocycles. The molecule has 1 aromatic carbocycles. The number of nitrogens with one attached hydrogen (secondary N) is 1. The highest BCUT2D eigenvalue weighted by molar-refractivity contribution is 5.81. The van der Waals surface area contributed by atoms with E-state index in [4.69, 9.17) is 5.73 Å². The molecular weight excluding hydrogens is 240 g/mol. The molecule has 1 rings (SSSR count). The monoisotopic (exact) mass is 250 g/mol. The lowest BCUT2D eigenvalue weighted by Crippen LogP contribution is -2.39. The van der Waals surface area contributed by atoms with Crippen LogP contribution in [0.25, 0.3) is 0 Å². The largest absolute Gasteiger partial charge is 0.401 e. The van der Waals surface area contributed by atoms with Gasteiger partial charge < -0.3 is 5.73 Å². The predicted octanol–water partition coefficient (Wildman–Crippen LogP) is 1.50. The summed E-state index contributed by atoms with van der Waals surface area (Å²) in [6.07, 6.45) is -4.47. The Bertz CT molecular complexity index is 406. The normalized spacial score (nSPS) is 13.4. The molecule has 1 aromatic rings. The van der Waals surface area contributed by atoms with Gasteiger partial charge in [0.1, 0.15) is 11.9 Å². The molecule has 0 aliphatic rings. The lowest BCUT2D eigenvalue weighted by atomic mass is 10.1. The molecule has 1 amide bonds. The Balaban J connectivity index is 2.83. The third kappa shape index (κ3) is 4.39. The summed E-state index contributed by atoms with van der Waals surface area (Å²) < 4.78 is 48.8. The molecule has 0 radical (unpaired) electrons. The summed E-state index contributed by atoms with van der Waals surface area (Å²) in [4.78, 5) is 11.0. The minimum absolute atomic E-state index is 0.0572. The Labute approximate surface area is 94.6 Å². The second-order valence-electron chi connectivity index (χ2n) is 3.39. The summed E-state index contributed by atoms with van der Waals surface area (Å²) in [5, 5.41) is 1.94. The van der Waals surface area contributed by atoms with Gasteiger partial charge in [-0.05, 0) is 17.7 Å². The molecule has 3 nitrogen and oxygen atoms in total. The summed E-state index contributed by atoms with van der Waals surface area (Å²) in [6, 6.07) is 3.31. The number of carbonyl (C=O) groups excluding carboxylic acids is 1. The first-order valence-electron chi connectivity index (χ1n) is 4.64. The number of rotatable bonds is 4. The van der Waals surface area contributed by atoms with Crippen LogP contribution in [0.4, 0.5) is 17.6 Å². The summed E-state index contributed by atoms with van der Waals surface area (Å²) in [5.41, 5.74) is 5.01. The second-order valence-corrected chi connectivity index (χ2v) is 3.39. The highest BCUT2D eigenvalue weighted by Gasteiger charge is 2.30. The first-order chi connectivity index (χ1) is 7.79. The van der Waals surface area contributed by atoms with E-state index in [-0.39, 0.29) is 5.56 Å². The lowest BCUT2D eigenvalue weighted by molar-refractivity contribution is -0.130. The second kappa shape index (κ2) is 5.13. The van der Waals surface area contributed by atoms with Crippen LogP contribution in [0.5, 0.6) is 0 Å². The standard InChI is InChI=1S/C10H10F4N2O/c11-7-3-1-2-6(4-7)8(9(15)17)16-5-10(12,13)14/h1-4,8,16H,5H2,(H2,15,17). The average Bonchev–Trinajstić information content (AvgIpc) is 2.15. The van der Waals surface area contributed by atoms with Crippen LogP contribution in [0.3, 0.4) is 0 Å². The van der Waals surface area contributed by atoms with Gasteiger partial charge in [0.2, 0.25) is 5.91 Å². The van der Waals surface area contributed by atoms with Crippen LogP contribution >= 0.6 is 0 Å². The van der Waals surface area contributed by atoms with Crippen LogP contribution in [0.15, 0.2) is 24.3 Å². The fourth-order valence-electron chi connectivity index (χ4n) is 1.29. The Kier molecular flexibility index (Phi) is 4.06. The van der Waals surface area contributed by atoms with Crippen LogP contribution in [-0.2, 0) is 4.79 Å². The van der Waals surface area contributed by atoms with Gasteiger partial charge in [-0.25, -0.2) is 4.39 Å². The van der Waals surface area contributed by atoms with Crippen molar-refractivity contribution < 1.29 is 22.4 Å². The number of amides is 1. The van der Waals surface area contributed by atoms with E-state index in [0.29, 0.717) is 0 Å². The van der Waals surface area contributed by atoms with E-state index in [9.17, 15) is 22.4 Å². The Morgan fingerprint density at radius 3 is 2.53 bits per heavy atom. The molecule has 17 heavy (non-hydrogen) atoms. The van der Waals surface area contributed by atoms with Gasteiger partial charge >= 0.3 is 6.18 Å². The van der Waals surface area contributed by atoms with Crippen molar-refractivity contribution in [3.8, 4) is 0 Å². The maximum atomic E-state index is 12.9. The first kappa shape index (κ1) is 13.4. The molecule has 1 atom stereocenters. The quantitative estimate of drug-likeness (QED) is 0.796. The molecule has 0 saturated carbocycles. The minimum atomic E-state index is -4.47. The lowest BCUT2D eigenvalue weighted by Gasteiger charge is -2.17. The van der Waals surface area contributed by atoms with Gasteiger partial charge in [0, 0.05) is 0 Å². The molecule has 1 unspecified atom stereocenters. The van der Waals surface area contributed by atoms with Gasteiger partial charge in [0.15, 0.2) is 0 Å². The van der Waals surface area contributed by atoms with Gasteiger partial charge in [-0.15, -0.1) is 0 Å². The van der Waals surface area contributed by atoms with Crippen molar-refractivity contribution in [2.75, 3.05) is 6.54 Å².